The van der Waals surface area contributed by atoms with Gasteiger partial charge in [-0.15, -0.1) is 11.3 Å². The zero-order valence-corrected chi connectivity index (χ0v) is 12.1. The molecule has 0 aliphatic rings. The zero-order valence-electron chi connectivity index (χ0n) is 10.5. The highest BCUT2D eigenvalue weighted by atomic mass is 32.2. The lowest BCUT2D eigenvalue weighted by atomic mass is 10.3. The Bertz CT molecular complexity index is 638. The fourth-order valence-electron chi connectivity index (χ4n) is 1.60. The van der Waals surface area contributed by atoms with Crippen molar-refractivity contribution in [2.24, 2.45) is 5.73 Å². The highest BCUT2D eigenvalue weighted by molar-refractivity contribution is 7.94. The Morgan fingerprint density at radius 1 is 1.26 bits per heavy atom. The zero-order chi connectivity index (χ0) is 13.9. The summed E-state index contributed by atoms with van der Waals surface area (Å²) in [6.45, 7) is 0.514. The lowest BCUT2D eigenvalue weighted by molar-refractivity contribution is 0.596. The molecule has 0 aromatic carbocycles. The molecule has 0 bridgehead atoms. The van der Waals surface area contributed by atoms with Gasteiger partial charge in [0.05, 0.1) is 5.69 Å². The Hall–Kier alpha value is -1.44. The molecule has 2 N–H and O–H groups in total. The maximum Gasteiger partial charge on any atom is 0.273 e. The van der Waals surface area contributed by atoms with E-state index in [1.807, 2.05) is 6.07 Å². The van der Waals surface area contributed by atoms with E-state index in [9.17, 15) is 8.42 Å². The average molecular weight is 297 g/mol. The largest absolute Gasteiger partial charge is 0.330 e. The van der Waals surface area contributed by atoms with E-state index >= 15 is 0 Å². The highest BCUT2D eigenvalue weighted by Gasteiger charge is 2.23. The summed E-state index contributed by atoms with van der Waals surface area (Å²) in [7, 11) is -1.97. The van der Waals surface area contributed by atoms with Crippen LogP contribution in [0.3, 0.4) is 0 Å². The third-order valence-corrected chi connectivity index (χ3v) is 6.07. The smallest absolute Gasteiger partial charge is 0.273 e. The Labute approximate surface area is 116 Å². The molecule has 5 nitrogen and oxygen atoms in total. The number of rotatable bonds is 5. The van der Waals surface area contributed by atoms with Crippen LogP contribution in [0.4, 0.5) is 5.69 Å². The van der Waals surface area contributed by atoms with E-state index in [-0.39, 0.29) is 0 Å². The maximum atomic E-state index is 12.4. The Balaban J connectivity index is 2.31. The molecule has 0 aliphatic carbocycles. The average Bonchev–Trinajstić information content (AvgIpc) is 2.89. The second-order valence-electron chi connectivity index (χ2n) is 3.94. The van der Waals surface area contributed by atoms with Crippen LogP contribution in [0.2, 0.25) is 0 Å². The van der Waals surface area contributed by atoms with Crippen LogP contribution in [0.5, 0.6) is 0 Å². The molecule has 0 fully saturated rings. The van der Waals surface area contributed by atoms with E-state index in [4.69, 9.17) is 5.73 Å². The summed E-state index contributed by atoms with van der Waals surface area (Å²) in [5, 5.41) is 0. The third-order valence-electron chi connectivity index (χ3n) is 2.67. The predicted octanol–water partition coefficient (Wildman–Crippen LogP) is 1.47. The molecular weight excluding hydrogens is 282 g/mol. The third kappa shape index (κ3) is 2.94. The normalized spacial score (nSPS) is 11.5. The van der Waals surface area contributed by atoms with Gasteiger partial charge >= 0.3 is 0 Å². The van der Waals surface area contributed by atoms with Crippen LogP contribution in [0.25, 0.3) is 0 Å². The lowest BCUT2D eigenvalue weighted by Crippen LogP contribution is -2.25. The molecule has 0 unspecified atom stereocenters. The van der Waals surface area contributed by atoms with Crippen molar-refractivity contribution in [2.45, 2.75) is 10.6 Å². The summed E-state index contributed by atoms with van der Waals surface area (Å²) < 4.78 is 26.5. The van der Waals surface area contributed by atoms with Gasteiger partial charge in [0.25, 0.3) is 10.0 Å². The SMILES string of the molecule is CN(c1ccncc1)S(=O)(=O)c1ccc(CCN)s1. The first-order chi connectivity index (χ1) is 9.05. The molecule has 2 aromatic heterocycles. The molecule has 0 saturated heterocycles. The Morgan fingerprint density at radius 3 is 2.58 bits per heavy atom. The summed E-state index contributed by atoms with van der Waals surface area (Å²) in [5.74, 6) is 0. The number of thiophene rings is 1. The van der Waals surface area contributed by atoms with Gasteiger partial charge in [0.1, 0.15) is 4.21 Å². The maximum absolute atomic E-state index is 12.4. The van der Waals surface area contributed by atoms with Crippen molar-refractivity contribution in [1.82, 2.24) is 4.98 Å². The van der Waals surface area contributed by atoms with Gasteiger partial charge in [0.2, 0.25) is 0 Å². The monoisotopic (exact) mass is 297 g/mol. The molecule has 102 valence electrons. The summed E-state index contributed by atoms with van der Waals surface area (Å²) >= 11 is 1.26. The number of anilines is 1. The van der Waals surface area contributed by atoms with Gasteiger partial charge in [-0.25, -0.2) is 8.42 Å². The Morgan fingerprint density at radius 2 is 1.95 bits per heavy atom. The van der Waals surface area contributed by atoms with Crippen LogP contribution < -0.4 is 10.0 Å². The topological polar surface area (TPSA) is 76.3 Å². The number of nitrogens with zero attached hydrogens (tertiary/aromatic N) is 2. The van der Waals surface area contributed by atoms with Crippen LogP contribution in [0, 0.1) is 0 Å². The van der Waals surface area contributed by atoms with Crippen molar-refractivity contribution >= 4 is 27.0 Å². The van der Waals surface area contributed by atoms with E-state index in [2.05, 4.69) is 4.98 Å². The van der Waals surface area contributed by atoms with E-state index < -0.39 is 10.0 Å². The van der Waals surface area contributed by atoms with E-state index in [0.29, 0.717) is 22.9 Å². The lowest BCUT2D eigenvalue weighted by Gasteiger charge is -2.17. The van der Waals surface area contributed by atoms with Gasteiger partial charge in [0, 0.05) is 24.3 Å². The van der Waals surface area contributed by atoms with Gasteiger partial charge in [-0.1, -0.05) is 0 Å². The van der Waals surface area contributed by atoms with Crippen molar-refractivity contribution in [1.29, 1.82) is 0 Å². The number of aromatic nitrogens is 1. The van der Waals surface area contributed by atoms with Crippen LogP contribution in [-0.4, -0.2) is 27.0 Å². The summed E-state index contributed by atoms with van der Waals surface area (Å²) in [6, 6.07) is 6.76. The molecule has 0 atom stereocenters. The number of hydrogen-bond acceptors (Lipinski definition) is 5. The minimum Gasteiger partial charge on any atom is -0.330 e. The molecule has 0 amide bonds. The van der Waals surface area contributed by atoms with Crippen molar-refractivity contribution in [3.8, 4) is 0 Å². The van der Waals surface area contributed by atoms with Crippen LogP contribution in [-0.2, 0) is 16.4 Å². The van der Waals surface area contributed by atoms with Crippen molar-refractivity contribution in [3.63, 3.8) is 0 Å². The number of pyridine rings is 1. The number of nitrogens with two attached hydrogens (primary N) is 1. The quantitative estimate of drug-likeness (QED) is 0.906. The molecule has 2 aromatic rings. The van der Waals surface area contributed by atoms with E-state index in [0.717, 1.165) is 4.88 Å². The molecular formula is C12H15N3O2S2. The molecule has 19 heavy (non-hydrogen) atoms. The number of hydrogen-bond donors (Lipinski definition) is 1. The molecule has 2 heterocycles. The van der Waals surface area contributed by atoms with E-state index in [1.165, 1.54) is 22.7 Å². The molecule has 0 radical (unpaired) electrons. The standard InChI is InChI=1S/C12H15N3O2S2/c1-15(10-5-8-14-9-6-10)19(16,17)12-3-2-11(18-12)4-7-13/h2-3,5-6,8-9H,4,7,13H2,1H3. The first-order valence-electron chi connectivity index (χ1n) is 5.73. The molecule has 7 heteroatoms. The fraction of sp³-hybridized carbons (Fsp3) is 0.250. The minimum absolute atomic E-state index is 0.329. The Kier molecular flexibility index (Phi) is 4.18. The van der Waals surface area contributed by atoms with Gasteiger partial charge in [-0.2, -0.15) is 0 Å². The van der Waals surface area contributed by atoms with Crippen LogP contribution >= 0.6 is 11.3 Å². The first kappa shape index (κ1) is 14.0. The summed E-state index contributed by atoms with van der Waals surface area (Å²) in [4.78, 5) is 4.85. The minimum atomic E-state index is -3.51. The van der Waals surface area contributed by atoms with E-state index in [1.54, 1.807) is 30.6 Å². The number of sulfonamides is 1. The second-order valence-corrected chi connectivity index (χ2v) is 7.30. The fourth-order valence-corrected chi connectivity index (χ4v) is 4.34. The summed E-state index contributed by atoms with van der Waals surface area (Å²) in [5.41, 5.74) is 6.06. The predicted molar refractivity (Wildman–Crippen MR) is 76.9 cm³/mol. The van der Waals surface area contributed by atoms with Gasteiger partial charge < -0.3 is 5.73 Å². The van der Waals surface area contributed by atoms with Crippen molar-refractivity contribution in [2.75, 3.05) is 17.9 Å². The van der Waals surface area contributed by atoms with Gasteiger partial charge in [-0.3, -0.25) is 9.29 Å². The van der Waals surface area contributed by atoms with Crippen LogP contribution in [0.15, 0.2) is 40.9 Å². The van der Waals surface area contributed by atoms with Crippen molar-refractivity contribution in [3.05, 3.63) is 41.5 Å². The summed E-state index contributed by atoms with van der Waals surface area (Å²) in [6.07, 6.45) is 3.82. The molecule has 2 rings (SSSR count). The van der Waals surface area contributed by atoms with Gasteiger partial charge in [-0.05, 0) is 37.2 Å². The highest BCUT2D eigenvalue weighted by Crippen LogP contribution is 2.27. The van der Waals surface area contributed by atoms with Crippen molar-refractivity contribution < 1.29 is 8.42 Å². The molecule has 0 saturated carbocycles. The molecule has 0 aliphatic heterocycles. The van der Waals surface area contributed by atoms with Gasteiger partial charge in [0.15, 0.2) is 0 Å². The van der Waals surface area contributed by atoms with Crippen LogP contribution in [0.1, 0.15) is 4.88 Å². The molecule has 0 spiro atoms. The second kappa shape index (κ2) is 5.68. The first-order valence-corrected chi connectivity index (χ1v) is 7.99.